The Morgan fingerprint density at radius 1 is 1.21 bits per heavy atom. The Morgan fingerprint density at radius 2 is 1.86 bits per heavy atom. The van der Waals surface area contributed by atoms with Crippen LogP contribution in [0, 0.1) is 0 Å². The molecule has 0 aliphatic carbocycles. The van der Waals surface area contributed by atoms with Gasteiger partial charge < -0.3 is 0 Å². The van der Waals surface area contributed by atoms with Crippen LogP contribution in [-0.4, -0.2) is 19.0 Å². The molecule has 0 bridgehead atoms. The zero-order chi connectivity index (χ0) is 10.4. The topological polar surface area (TPSA) is 0 Å². The summed E-state index contributed by atoms with van der Waals surface area (Å²) in [5, 5.41) is 0.960. The monoisotopic (exact) mass is 220 g/mol. The van der Waals surface area contributed by atoms with E-state index in [-0.39, 0.29) is 0 Å². The second-order valence-electron chi connectivity index (χ2n) is 4.22. The van der Waals surface area contributed by atoms with Crippen molar-refractivity contribution in [2.24, 2.45) is 0 Å². The van der Waals surface area contributed by atoms with Gasteiger partial charge in [0.15, 0.2) is 0 Å². The molecule has 0 spiro atoms. The van der Waals surface area contributed by atoms with Crippen LogP contribution in [-0.2, 0) is 0 Å². The summed E-state index contributed by atoms with van der Waals surface area (Å²) in [7, 11) is 2.43. The van der Waals surface area contributed by atoms with E-state index in [0.29, 0.717) is 0 Å². The zero-order valence-corrected chi connectivity index (χ0v) is 11.6. The Morgan fingerprint density at radius 3 is 2.43 bits per heavy atom. The SMILES string of the molecule is CC(C)=CCC/C(C)=C\C1[Si]CC[Si]1. The van der Waals surface area contributed by atoms with Gasteiger partial charge in [-0.2, -0.15) is 0 Å². The predicted molar refractivity (Wildman–Crippen MR) is 67.3 cm³/mol. The molecule has 0 aromatic heterocycles. The molecule has 0 N–H and O–H groups in total. The first-order chi connectivity index (χ1) is 6.68. The van der Waals surface area contributed by atoms with E-state index in [2.05, 4.69) is 32.9 Å². The second-order valence-corrected chi connectivity index (χ2v) is 7.86. The molecule has 14 heavy (non-hydrogen) atoms. The Balaban J connectivity index is 2.26. The summed E-state index contributed by atoms with van der Waals surface area (Å²) in [5.41, 5.74) is 3.05. The number of hydrogen-bond acceptors (Lipinski definition) is 0. The Hall–Kier alpha value is -0.0862. The highest BCUT2D eigenvalue weighted by Gasteiger charge is 2.13. The first-order valence-electron chi connectivity index (χ1n) is 5.46. The molecule has 0 unspecified atom stereocenters. The van der Waals surface area contributed by atoms with E-state index in [1.54, 1.807) is 5.57 Å². The van der Waals surface area contributed by atoms with Gasteiger partial charge in [-0.25, -0.2) is 0 Å². The molecule has 1 fully saturated rings. The second kappa shape index (κ2) is 6.41. The summed E-state index contributed by atoms with van der Waals surface area (Å²) in [5.74, 6) is 0. The lowest BCUT2D eigenvalue weighted by atomic mass is 10.1. The fourth-order valence-electron chi connectivity index (χ4n) is 1.60. The third-order valence-corrected chi connectivity index (χ3v) is 6.41. The first kappa shape index (κ1) is 12.0. The van der Waals surface area contributed by atoms with Crippen LogP contribution < -0.4 is 0 Å². The van der Waals surface area contributed by atoms with Gasteiger partial charge in [0.2, 0.25) is 0 Å². The summed E-state index contributed by atoms with van der Waals surface area (Å²) in [4.78, 5) is 0. The number of allylic oxidation sites excluding steroid dienone is 4. The molecule has 1 rings (SSSR count). The number of rotatable bonds is 4. The van der Waals surface area contributed by atoms with Crippen molar-refractivity contribution < 1.29 is 0 Å². The summed E-state index contributed by atoms with van der Waals surface area (Å²) >= 11 is 0. The molecule has 0 amide bonds. The van der Waals surface area contributed by atoms with Crippen LogP contribution in [0.5, 0.6) is 0 Å². The van der Waals surface area contributed by atoms with Crippen molar-refractivity contribution in [3.63, 3.8) is 0 Å². The van der Waals surface area contributed by atoms with Gasteiger partial charge in [0, 0.05) is 19.0 Å². The van der Waals surface area contributed by atoms with Crippen molar-refractivity contribution in [2.45, 2.75) is 50.9 Å². The van der Waals surface area contributed by atoms with Crippen molar-refractivity contribution in [1.29, 1.82) is 0 Å². The molecule has 1 aliphatic heterocycles. The lowest BCUT2D eigenvalue weighted by Gasteiger charge is -2.03. The van der Waals surface area contributed by atoms with Crippen molar-refractivity contribution in [3.8, 4) is 0 Å². The summed E-state index contributed by atoms with van der Waals surface area (Å²) in [6.45, 7) is 6.66. The minimum absolute atomic E-state index is 0.960. The van der Waals surface area contributed by atoms with E-state index in [1.165, 1.54) is 49.5 Å². The van der Waals surface area contributed by atoms with Crippen molar-refractivity contribution in [1.82, 2.24) is 0 Å². The molecule has 0 aromatic carbocycles. The van der Waals surface area contributed by atoms with Crippen LogP contribution in [0.2, 0.25) is 17.3 Å². The molecule has 0 saturated carbocycles. The molecule has 0 nitrogen and oxygen atoms in total. The molecular formula is C12H20Si2. The fraction of sp³-hybridized carbons (Fsp3) is 0.667. The van der Waals surface area contributed by atoms with Crippen LogP contribution in [0.1, 0.15) is 33.6 Å². The summed E-state index contributed by atoms with van der Waals surface area (Å²) in [6, 6.07) is 2.97. The molecular weight excluding hydrogens is 200 g/mol. The highest BCUT2D eigenvalue weighted by atomic mass is 28.3. The van der Waals surface area contributed by atoms with Gasteiger partial charge in [-0.1, -0.05) is 35.4 Å². The van der Waals surface area contributed by atoms with Gasteiger partial charge in [-0.15, -0.1) is 0 Å². The van der Waals surface area contributed by atoms with Crippen LogP contribution in [0.25, 0.3) is 0 Å². The van der Waals surface area contributed by atoms with Crippen LogP contribution in [0.3, 0.4) is 0 Å². The maximum atomic E-state index is 2.54. The quantitative estimate of drug-likeness (QED) is 0.501. The Kier molecular flexibility index (Phi) is 5.49. The normalized spacial score (nSPS) is 18.6. The fourth-order valence-corrected chi connectivity index (χ4v) is 5.63. The van der Waals surface area contributed by atoms with E-state index in [9.17, 15) is 0 Å². The van der Waals surface area contributed by atoms with E-state index in [0.717, 1.165) is 5.16 Å². The molecule has 2 heteroatoms. The summed E-state index contributed by atoms with van der Waals surface area (Å²) < 4.78 is 0. The smallest absolute Gasteiger partial charge is 0.0418 e. The van der Waals surface area contributed by atoms with Crippen LogP contribution in [0.15, 0.2) is 23.3 Å². The Labute approximate surface area is 93.5 Å². The van der Waals surface area contributed by atoms with Gasteiger partial charge in [0.05, 0.1) is 0 Å². The first-order valence-corrected chi connectivity index (χ1v) is 8.03. The van der Waals surface area contributed by atoms with Crippen molar-refractivity contribution in [3.05, 3.63) is 23.3 Å². The molecule has 0 atom stereocenters. The predicted octanol–water partition coefficient (Wildman–Crippen LogP) is 3.68. The third-order valence-electron chi connectivity index (χ3n) is 2.40. The van der Waals surface area contributed by atoms with Crippen LogP contribution in [0.4, 0.5) is 0 Å². The zero-order valence-electron chi connectivity index (χ0n) is 9.56. The van der Waals surface area contributed by atoms with Gasteiger partial charge in [-0.05, 0) is 38.8 Å². The van der Waals surface area contributed by atoms with E-state index < -0.39 is 0 Å². The van der Waals surface area contributed by atoms with Crippen LogP contribution >= 0.6 is 0 Å². The molecule has 76 valence electrons. The van der Waals surface area contributed by atoms with Gasteiger partial charge >= 0.3 is 0 Å². The van der Waals surface area contributed by atoms with Gasteiger partial charge in [-0.3, -0.25) is 0 Å². The lowest BCUT2D eigenvalue weighted by Crippen LogP contribution is -1.97. The third kappa shape index (κ3) is 4.96. The molecule has 4 radical (unpaired) electrons. The maximum absolute atomic E-state index is 2.54. The van der Waals surface area contributed by atoms with Crippen molar-refractivity contribution in [2.75, 3.05) is 0 Å². The molecule has 1 aliphatic rings. The van der Waals surface area contributed by atoms with E-state index in [1.807, 2.05) is 0 Å². The highest BCUT2D eigenvalue weighted by Crippen LogP contribution is 2.20. The van der Waals surface area contributed by atoms with E-state index >= 15 is 0 Å². The molecule has 1 saturated heterocycles. The molecule has 1 heterocycles. The van der Waals surface area contributed by atoms with Gasteiger partial charge in [0.1, 0.15) is 0 Å². The Bertz CT molecular complexity index is 218. The minimum Gasteiger partial charge on any atom is -0.0886 e. The average molecular weight is 220 g/mol. The van der Waals surface area contributed by atoms with Gasteiger partial charge in [0.25, 0.3) is 0 Å². The standard InChI is InChI=1S/C12H20Si2/c1-10(2)5-4-6-11(3)9-12-13-7-8-14-12/h5,9,12H,4,6-8H2,1-3H3/b11-9-. The lowest BCUT2D eigenvalue weighted by molar-refractivity contribution is 0.961. The van der Waals surface area contributed by atoms with Crippen molar-refractivity contribution >= 4 is 19.0 Å². The number of hydrogen-bond donors (Lipinski definition) is 0. The molecule has 0 aromatic rings. The summed E-state index contributed by atoms with van der Waals surface area (Å²) in [6.07, 6.45) is 7.37. The van der Waals surface area contributed by atoms with E-state index in [4.69, 9.17) is 0 Å². The largest absolute Gasteiger partial charge is 0.0886 e. The minimum atomic E-state index is 0.960. The highest BCUT2D eigenvalue weighted by molar-refractivity contribution is 6.65. The average Bonchev–Trinajstić information content (AvgIpc) is 2.56. The maximum Gasteiger partial charge on any atom is 0.0418 e.